The van der Waals surface area contributed by atoms with E-state index in [-0.39, 0.29) is 0 Å². The SMILES string of the molecule is CC(C)CC(C)NCCCCC(N)C=C1CC1. The molecule has 1 aliphatic rings. The standard InChI is InChI=1S/C15H30N2/c1-12(2)10-13(3)17-9-5-4-6-15(16)11-14-7-8-14/h11-13,15,17H,4-10,16H2,1-3H3. The predicted octanol–water partition coefficient (Wildman–Crippen LogP) is 3.23. The highest BCUT2D eigenvalue weighted by molar-refractivity contribution is 5.18. The molecular weight excluding hydrogens is 208 g/mol. The summed E-state index contributed by atoms with van der Waals surface area (Å²) in [7, 11) is 0. The molecule has 1 fully saturated rings. The molecule has 1 rings (SSSR count). The minimum absolute atomic E-state index is 0.306. The predicted molar refractivity (Wildman–Crippen MR) is 76.1 cm³/mol. The summed E-state index contributed by atoms with van der Waals surface area (Å²) in [5, 5.41) is 3.58. The van der Waals surface area contributed by atoms with Gasteiger partial charge in [-0.3, -0.25) is 0 Å². The first-order chi connectivity index (χ1) is 8.08. The van der Waals surface area contributed by atoms with Crippen LogP contribution < -0.4 is 11.1 Å². The lowest BCUT2D eigenvalue weighted by atomic mass is 10.0. The fourth-order valence-corrected chi connectivity index (χ4v) is 2.27. The topological polar surface area (TPSA) is 38.0 Å². The summed E-state index contributed by atoms with van der Waals surface area (Å²) in [4.78, 5) is 0. The maximum Gasteiger partial charge on any atom is 0.0226 e. The van der Waals surface area contributed by atoms with Gasteiger partial charge >= 0.3 is 0 Å². The molecule has 0 aromatic carbocycles. The normalized spacial score (nSPS) is 18.3. The fourth-order valence-electron chi connectivity index (χ4n) is 2.27. The van der Waals surface area contributed by atoms with Crippen LogP contribution in [-0.2, 0) is 0 Å². The van der Waals surface area contributed by atoms with E-state index >= 15 is 0 Å². The van der Waals surface area contributed by atoms with Crippen molar-refractivity contribution in [1.29, 1.82) is 0 Å². The van der Waals surface area contributed by atoms with Gasteiger partial charge in [-0.05, 0) is 51.5 Å². The van der Waals surface area contributed by atoms with Gasteiger partial charge in [0.05, 0.1) is 0 Å². The van der Waals surface area contributed by atoms with Crippen molar-refractivity contribution >= 4 is 0 Å². The number of nitrogens with two attached hydrogens (primary N) is 1. The Bertz CT molecular complexity index is 227. The molecule has 100 valence electrons. The highest BCUT2D eigenvalue weighted by Crippen LogP contribution is 2.28. The fraction of sp³-hybridized carbons (Fsp3) is 0.867. The Balaban J connectivity index is 1.91. The first kappa shape index (κ1) is 14.7. The van der Waals surface area contributed by atoms with E-state index in [9.17, 15) is 0 Å². The average Bonchev–Trinajstić information content (AvgIpc) is 2.99. The molecule has 2 unspecified atom stereocenters. The summed E-state index contributed by atoms with van der Waals surface area (Å²) in [6.07, 6.45) is 9.76. The Morgan fingerprint density at radius 2 is 1.94 bits per heavy atom. The Morgan fingerprint density at radius 1 is 1.24 bits per heavy atom. The number of hydrogen-bond donors (Lipinski definition) is 2. The van der Waals surface area contributed by atoms with Crippen molar-refractivity contribution in [2.24, 2.45) is 11.7 Å². The molecule has 1 aliphatic carbocycles. The Morgan fingerprint density at radius 3 is 2.53 bits per heavy atom. The quantitative estimate of drug-likeness (QED) is 0.478. The second kappa shape index (κ2) is 7.88. The van der Waals surface area contributed by atoms with Crippen molar-refractivity contribution in [3.63, 3.8) is 0 Å². The zero-order chi connectivity index (χ0) is 12.7. The lowest BCUT2D eigenvalue weighted by molar-refractivity contribution is 0.434. The van der Waals surface area contributed by atoms with Gasteiger partial charge in [0.15, 0.2) is 0 Å². The van der Waals surface area contributed by atoms with Crippen LogP contribution in [0.15, 0.2) is 11.6 Å². The third-order valence-electron chi connectivity index (χ3n) is 3.27. The van der Waals surface area contributed by atoms with E-state index in [1.54, 1.807) is 5.57 Å². The maximum absolute atomic E-state index is 6.03. The van der Waals surface area contributed by atoms with E-state index in [0.717, 1.165) is 18.9 Å². The molecule has 0 saturated heterocycles. The molecule has 0 bridgehead atoms. The monoisotopic (exact) mass is 238 g/mol. The van der Waals surface area contributed by atoms with Crippen LogP contribution >= 0.6 is 0 Å². The van der Waals surface area contributed by atoms with Crippen LogP contribution in [0.2, 0.25) is 0 Å². The lowest BCUT2D eigenvalue weighted by Crippen LogP contribution is -2.28. The van der Waals surface area contributed by atoms with Gasteiger partial charge in [-0.2, -0.15) is 0 Å². The van der Waals surface area contributed by atoms with E-state index in [2.05, 4.69) is 32.2 Å². The molecule has 17 heavy (non-hydrogen) atoms. The van der Waals surface area contributed by atoms with Crippen molar-refractivity contribution < 1.29 is 0 Å². The largest absolute Gasteiger partial charge is 0.324 e. The summed E-state index contributed by atoms with van der Waals surface area (Å²) in [6, 6.07) is 0.956. The van der Waals surface area contributed by atoms with Gasteiger partial charge in [-0.15, -0.1) is 0 Å². The molecule has 0 heterocycles. The molecule has 1 saturated carbocycles. The Labute approximate surface area is 107 Å². The molecule has 3 N–H and O–H groups in total. The van der Waals surface area contributed by atoms with Gasteiger partial charge in [0.1, 0.15) is 0 Å². The van der Waals surface area contributed by atoms with E-state index in [4.69, 9.17) is 5.73 Å². The van der Waals surface area contributed by atoms with Gasteiger partial charge < -0.3 is 11.1 Å². The molecule has 2 heteroatoms. The van der Waals surface area contributed by atoms with Crippen molar-refractivity contribution in [2.75, 3.05) is 6.54 Å². The van der Waals surface area contributed by atoms with Gasteiger partial charge in [0, 0.05) is 12.1 Å². The number of nitrogens with one attached hydrogen (secondary N) is 1. The molecule has 0 aromatic rings. The summed E-state index contributed by atoms with van der Waals surface area (Å²) in [5.41, 5.74) is 7.60. The Kier molecular flexibility index (Phi) is 6.83. The maximum atomic E-state index is 6.03. The van der Waals surface area contributed by atoms with E-state index < -0.39 is 0 Å². The molecule has 0 aromatic heterocycles. The van der Waals surface area contributed by atoms with Crippen LogP contribution in [0.5, 0.6) is 0 Å². The summed E-state index contributed by atoms with van der Waals surface area (Å²) >= 11 is 0. The number of allylic oxidation sites excluding steroid dienone is 1. The van der Waals surface area contributed by atoms with Crippen molar-refractivity contribution in [1.82, 2.24) is 5.32 Å². The molecular formula is C15H30N2. The van der Waals surface area contributed by atoms with Crippen molar-refractivity contribution in [3.8, 4) is 0 Å². The van der Waals surface area contributed by atoms with Crippen LogP contribution in [0.1, 0.15) is 59.3 Å². The second-order valence-electron chi connectivity index (χ2n) is 5.97. The van der Waals surface area contributed by atoms with Crippen LogP contribution in [-0.4, -0.2) is 18.6 Å². The molecule has 0 amide bonds. The first-order valence-corrected chi connectivity index (χ1v) is 7.26. The first-order valence-electron chi connectivity index (χ1n) is 7.26. The molecule has 2 nitrogen and oxygen atoms in total. The Hall–Kier alpha value is -0.340. The van der Waals surface area contributed by atoms with Crippen LogP contribution in [0.25, 0.3) is 0 Å². The average molecular weight is 238 g/mol. The summed E-state index contributed by atoms with van der Waals surface area (Å²) in [5.74, 6) is 0.788. The van der Waals surface area contributed by atoms with Gasteiger partial charge in [0.2, 0.25) is 0 Å². The van der Waals surface area contributed by atoms with E-state index in [1.165, 1.54) is 32.1 Å². The number of hydrogen-bond acceptors (Lipinski definition) is 2. The van der Waals surface area contributed by atoms with Gasteiger partial charge in [-0.25, -0.2) is 0 Å². The van der Waals surface area contributed by atoms with Crippen molar-refractivity contribution in [3.05, 3.63) is 11.6 Å². The smallest absolute Gasteiger partial charge is 0.0226 e. The van der Waals surface area contributed by atoms with Crippen molar-refractivity contribution in [2.45, 2.75) is 71.4 Å². The molecule has 2 atom stereocenters. The zero-order valence-electron chi connectivity index (χ0n) is 11.8. The number of unbranched alkanes of at least 4 members (excludes halogenated alkanes) is 1. The van der Waals surface area contributed by atoms with Gasteiger partial charge in [-0.1, -0.05) is 31.9 Å². The van der Waals surface area contributed by atoms with Crippen LogP contribution in [0.3, 0.4) is 0 Å². The minimum Gasteiger partial charge on any atom is -0.324 e. The highest BCUT2D eigenvalue weighted by Gasteiger charge is 2.12. The van der Waals surface area contributed by atoms with Crippen LogP contribution in [0, 0.1) is 5.92 Å². The highest BCUT2D eigenvalue weighted by atomic mass is 14.9. The minimum atomic E-state index is 0.306. The number of rotatable bonds is 9. The third-order valence-corrected chi connectivity index (χ3v) is 3.27. The van der Waals surface area contributed by atoms with Crippen LogP contribution in [0.4, 0.5) is 0 Å². The lowest BCUT2D eigenvalue weighted by Gasteiger charge is -2.16. The molecule has 0 radical (unpaired) electrons. The van der Waals surface area contributed by atoms with E-state index in [1.807, 2.05) is 0 Å². The van der Waals surface area contributed by atoms with Gasteiger partial charge in [0.25, 0.3) is 0 Å². The van der Waals surface area contributed by atoms with E-state index in [0.29, 0.717) is 12.1 Å². The third kappa shape index (κ3) is 8.39. The second-order valence-corrected chi connectivity index (χ2v) is 5.97. The zero-order valence-corrected chi connectivity index (χ0v) is 11.8. The summed E-state index contributed by atoms with van der Waals surface area (Å²) in [6.45, 7) is 7.98. The summed E-state index contributed by atoms with van der Waals surface area (Å²) < 4.78 is 0. The molecule has 0 spiro atoms. The molecule has 0 aliphatic heterocycles.